The van der Waals surface area contributed by atoms with E-state index in [4.69, 9.17) is 11.6 Å². The van der Waals surface area contributed by atoms with Crippen molar-refractivity contribution in [1.82, 2.24) is 19.9 Å². The number of aryl methyl sites for hydroxylation is 1. The van der Waals surface area contributed by atoms with Crippen LogP contribution in [0.25, 0.3) is 5.65 Å². The number of rotatable bonds is 3. The van der Waals surface area contributed by atoms with Crippen LogP contribution in [0.2, 0.25) is 5.02 Å². The number of aromatic nitrogens is 3. The number of allylic oxidation sites excluding steroid dienone is 1. The lowest BCUT2D eigenvalue weighted by molar-refractivity contribution is 0.0939. The van der Waals surface area contributed by atoms with Crippen LogP contribution in [0, 0.1) is 6.92 Å². The Hall–Kier alpha value is -1.88. The average Bonchev–Trinajstić information content (AvgIpc) is 2.84. The maximum Gasteiger partial charge on any atom is 0.273 e. The molecule has 3 rings (SSSR count). The molecule has 6 heteroatoms. The van der Waals surface area contributed by atoms with E-state index in [1.54, 1.807) is 16.9 Å². The van der Waals surface area contributed by atoms with Gasteiger partial charge < -0.3 is 5.32 Å². The Morgan fingerprint density at radius 2 is 2.27 bits per heavy atom. The first kappa shape index (κ1) is 15.0. The van der Waals surface area contributed by atoms with Gasteiger partial charge in [0.05, 0.1) is 0 Å². The monoisotopic (exact) mass is 318 g/mol. The van der Waals surface area contributed by atoms with Crippen molar-refractivity contribution in [3.8, 4) is 0 Å². The molecule has 1 aliphatic rings. The quantitative estimate of drug-likeness (QED) is 0.883. The molecule has 22 heavy (non-hydrogen) atoms. The zero-order valence-corrected chi connectivity index (χ0v) is 13.5. The van der Waals surface area contributed by atoms with Crippen LogP contribution in [0.3, 0.4) is 0 Å². The van der Waals surface area contributed by atoms with Gasteiger partial charge in [-0.3, -0.25) is 4.79 Å². The van der Waals surface area contributed by atoms with Crippen molar-refractivity contribution in [2.75, 3.05) is 0 Å². The molecule has 0 aliphatic heterocycles. The lowest BCUT2D eigenvalue weighted by atomic mass is 9.95. The second-order valence-corrected chi connectivity index (χ2v) is 6.16. The second-order valence-electron chi connectivity index (χ2n) is 5.78. The molecule has 0 unspecified atom stereocenters. The van der Waals surface area contributed by atoms with E-state index in [0.29, 0.717) is 10.7 Å². The molecule has 116 valence electrons. The number of hydrogen-bond acceptors (Lipinski definition) is 3. The van der Waals surface area contributed by atoms with Crippen LogP contribution in [-0.2, 0) is 0 Å². The Morgan fingerprint density at radius 3 is 3.00 bits per heavy atom. The molecule has 5 nitrogen and oxygen atoms in total. The predicted molar refractivity (Wildman–Crippen MR) is 86.2 cm³/mol. The lowest BCUT2D eigenvalue weighted by Gasteiger charge is -2.20. The van der Waals surface area contributed by atoms with E-state index in [2.05, 4.69) is 21.5 Å². The number of nitrogens with one attached hydrogen (secondary N) is 1. The summed E-state index contributed by atoms with van der Waals surface area (Å²) < 4.78 is 1.55. The Balaban J connectivity index is 1.83. The maximum atomic E-state index is 12.4. The van der Waals surface area contributed by atoms with Gasteiger partial charge in [-0.15, -0.1) is 0 Å². The molecule has 0 aromatic carbocycles. The molecule has 0 radical (unpaired) electrons. The summed E-state index contributed by atoms with van der Waals surface area (Å²) in [6.07, 6.45) is 10.3. The number of halogens is 1. The van der Waals surface area contributed by atoms with Gasteiger partial charge in [0.2, 0.25) is 0 Å². The van der Waals surface area contributed by atoms with Gasteiger partial charge in [0.1, 0.15) is 5.02 Å². The molecular weight excluding hydrogens is 300 g/mol. The van der Waals surface area contributed by atoms with Crippen LogP contribution in [0.1, 0.15) is 48.7 Å². The first-order valence-electron chi connectivity index (χ1n) is 7.56. The normalized spacial score (nSPS) is 16.4. The molecule has 1 atom stereocenters. The molecule has 0 spiro atoms. The van der Waals surface area contributed by atoms with E-state index in [1.807, 2.05) is 13.8 Å². The van der Waals surface area contributed by atoms with Gasteiger partial charge in [-0.05, 0) is 45.1 Å². The third-order valence-electron chi connectivity index (χ3n) is 3.99. The molecule has 0 saturated heterocycles. The first-order chi connectivity index (χ1) is 10.6. The number of carbonyl (C=O) groups is 1. The molecule has 2 aromatic rings. The molecule has 0 fully saturated rings. The van der Waals surface area contributed by atoms with Crippen molar-refractivity contribution < 1.29 is 4.79 Å². The summed E-state index contributed by atoms with van der Waals surface area (Å²) >= 11 is 6.25. The summed E-state index contributed by atoms with van der Waals surface area (Å²) in [5.41, 5.74) is 2.97. The van der Waals surface area contributed by atoms with E-state index in [-0.39, 0.29) is 17.6 Å². The summed E-state index contributed by atoms with van der Waals surface area (Å²) in [6, 6.07) is 0.00312. The van der Waals surface area contributed by atoms with Crippen molar-refractivity contribution in [2.24, 2.45) is 0 Å². The van der Waals surface area contributed by atoms with E-state index in [9.17, 15) is 4.79 Å². The summed E-state index contributed by atoms with van der Waals surface area (Å²) in [5.74, 6) is -0.257. The topological polar surface area (TPSA) is 59.3 Å². The van der Waals surface area contributed by atoms with E-state index in [0.717, 1.165) is 18.4 Å². The van der Waals surface area contributed by atoms with Gasteiger partial charge in [-0.2, -0.15) is 5.10 Å². The third-order valence-corrected chi connectivity index (χ3v) is 4.34. The van der Waals surface area contributed by atoms with Crippen LogP contribution in [0.15, 0.2) is 24.0 Å². The third kappa shape index (κ3) is 2.86. The zero-order chi connectivity index (χ0) is 15.7. The Labute approximate surface area is 134 Å². The number of hydrogen-bond donors (Lipinski definition) is 1. The molecule has 2 heterocycles. The number of carbonyl (C=O) groups excluding carboxylic acids is 1. The summed E-state index contributed by atoms with van der Waals surface area (Å²) in [4.78, 5) is 16.7. The van der Waals surface area contributed by atoms with Gasteiger partial charge in [-0.25, -0.2) is 9.50 Å². The van der Waals surface area contributed by atoms with Crippen LogP contribution < -0.4 is 5.32 Å². The molecule has 1 aliphatic carbocycles. The van der Waals surface area contributed by atoms with Crippen LogP contribution in [0.4, 0.5) is 0 Å². The van der Waals surface area contributed by atoms with E-state index < -0.39 is 0 Å². The van der Waals surface area contributed by atoms with Crippen LogP contribution in [-0.4, -0.2) is 26.5 Å². The van der Waals surface area contributed by atoms with Crippen molar-refractivity contribution in [3.05, 3.63) is 40.3 Å². The van der Waals surface area contributed by atoms with Crippen molar-refractivity contribution in [3.63, 3.8) is 0 Å². The highest BCUT2D eigenvalue weighted by atomic mass is 35.5. The van der Waals surface area contributed by atoms with Crippen molar-refractivity contribution in [2.45, 2.75) is 45.6 Å². The lowest BCUT2D eigenvalue weighted by Crippen LogP contribution is -2.34. The fourth-order valence-electron chi connectivity index (χ4n) is 2.76. The van der Waals surface area contributed by atoms with Crippen molar-refractivity contribution in [1.29, 1.82) is 0 Å². The highest BCUT2D eigenvalue weighted by Gasteiger charge is 2.21. The molecular formula is C16H19ClN4O. The highest BCUT2D eigenvalue weighted by molar-refractivity contribution is 6.36. The van der Waals surface area contributed by atoms with Crippen LogP contribution in [0.5, 0.6) is 0 Å². The van der Waals surface area contributed by atoms with E-state index >= 15 is 0 Å². The fourth-order valence-corrected chi connectivity index (χ4v) is 3.02. The molecule has 2 aromatic heterocycles. The SMILES string of the molecule is Cc1cnc2c(Cl)c(C(=O)N[C@@H](C)C3=CCCCC3)nn2c1. The first-order valence-corrected chi connectivity index (χ1v) is 7.94. The summed E-state index contributed by atoms with van der Waals surface area (Å²) in [6.45, 7) is 3.92. The molecule has 0 bridgehead atoms. The standard InChI is InChI=1S/C16H19ClN4O/c1-10-8-18-15-13(17)14(20-21(15)9-10)16(22)19-11(2)12-6-4-3-5-7-12/h6,8-9,11H,3-5,7H2,1-2H3,(H,19,22)/t11-/m0/s1. The minimum atomic E-state index is -0.257. The maximum absolute atomic E-state index is 12.4. The second kappa shape index (κ2) is 6.08. The van der Waals surface area contributed by atoms with Gasteiger partial charge in [0.25, 0.3) is 5.91 Å². The molecule has 1 N–H and O–H groups in total. The van der Waals surface area contributed by atoms with Gasteiger partial charge in [0, 0.05) is 18.4 Å². The number of nitrogens with zero attached hydrogens (tertiary/aromatic N) is 3. The largest absolute Gasteiger partial charge is 0.344 e. The Bertz CT molecular complexity index is 750. The van der Waals surface area contributed by atoms with Crippen LogP contribution >= 0.6 is 11.6 Å². The summed E-state index contributed by atoms with van der Waals surface area (Å²) in [7, 11) is 0. The van der Waals surface area contributed by atoms with Gasteiger partial charge >= 0.3 is 0 Å². The number of fused-ring (bicyclic) bond motifs is 1. The smallest absolute Gasteiger partial charge is 0.273 e. The fraction of sp³-hybridized carbons (Fsp3) is 0.438. The Kier molecular flexibility index (Phi) is 4.16. The number of amides is 1. The average molecular weight is 319 g/mol. The van der Waals surface area contributed by atoms with E-state index in [1.165, 1.54) is 18.4 Å². The Morgan fingerprint density at radius 1 is 1.45 bits per heavy atom. The zero-order valence-electron chi connectivity index (χ0n) is 12.8. The highest BCUT2D eigenvalue weighted by Crippen LogP contribution is 2.23. The summed E-state index contributed by atoms with van der Waals surface area (Å²) in [5, 5.41) is 7.54. The van der Waals surface area contributed by atoms with Gasteiger partial charge in [0.15, 0.2) is 11.3 Å². The molecule has 0 saturated carbocycles. The van der Waals surface area contributed by atoms with Gasteiger partial charge in [-0.1, -0.05) is 23.3 Å². The van der Waals surface area contributed by atoms with Crippen molar-refractivity contribution >= 4 is 23.2 Å². The minimum Gasteiger partial charge on any atom is -0.344 e. The molecule has 1 amide bonds. The predicted octanol–water partition coefficient (Wildman–Crippen LogP) is 3.31. The minimum absolute atomic E-state index is 0.00312.